The number of likely N-dealkylation sites (N-methyl/N-ethyl adjacent to an activating group) is 1. The lowest BCUT2D eigenvalue weighted by molar-refractivity contribution is -0.140. The molecule has 0 spiro atoms. The molecule has 1 heterocycles. The molecule has 4 rings (SSSR count). The van der Waals surface area contributed by atoms with E-state index in [0.29, 0.717) is 11.6 Å². The van der Waals surface area contributed by atoms with Gasteiger partial charge in [0.05, 0.1) is 17.0 Å². The first-order valence-electron chi connectivity index (χ1n) is 14.6. The zero-order valence-corrected chi connectivity index (χ0v) is 27.7. The lowest BCUT2D eigenvalue weighted by Gasteiger charge is -2.34. The van der Waals surface area contributed by atoms with Gasteiger partial charge in [0.1, 0.15) is 17.7 Å². The number of ether oxygens (including phenoxy) is 1. The molecule has 1 saturated heterocycles. The molecule has 1 fully saturated rings. The number of rotatable bonds is 9. The summed E-state index contributed by atoms with van der Waals surface area (Å²) in [6, 6.07) is 17.7. The summed E-state index contributed by atoms with van der Waals surface area (Å²) in [6.07, 6.45) is -0.322. The second-order valence-electron chi connectivity index (χ2n) is 12.5. The van der Waals surface area contributed by atoms with Gasteiger partial charge < -0.3 is 14.7 Å². The van der Waals surface area contributed by atoms with E-state index in [1.54, 1.807) is 12.1 Å². The summed E-state index contributed by atoms with van der Waals surface area (Å²) in [5.74, 6) is -1.35. The van der Waals surface area contributed by atoms with Crippen LogP contribution in [0.5, 0.6) is 0 Å². The molecular formula is C33H41N3O6S2. The quantitative estimate of drug-likeness (QED) is 0.172. The van der Waals surface area contributed by atoms with Gasteiger partial charge in [0.25, 0.3) is 0 Å². The van der Waals surface area contributed by atoms with Crippen molar-refractivity contribution < 1.29 is 27.9 Å². The standard InChI is InChI=1S/C33H41N3O6S2/c1-21(2)22-11-14-25(15-12-22)34-31(42-33(3,4)5)28(19-30(37)38)35(6)32(39)29-18-26(43)20-36(29)44(40,41)27-16-13-23-9-7-8-10-24(23)17-27/h7-17,21,26,28-29,43H,18-20H2,1-6H3,(H,37,38)/t26-,28+,29+/m1/s1. The molecule has 1 aliphatic rings. The van der Waals surface area contributed by atoms with E-state index in [-0.39, 0.29) is 29.0 Å². The molecule has 0 aromatic heterocycles. The first kappa shape index (κ1) is 33.5. The number of nitrogens with zero attached hydrogens (tertiary/aromatic N) is 3. The highest BCUT2D eigenvalue weighted by molar-refractivity contribution is 7.89. The number of aliphatic imine (C=N–C) groups is 1. The zero-order chi connectivity index (χ0) is 32.4. The fourth-order valence-electron chi connectivity index (χ4n) is 5.22. The Balaban J connectivity index is 1.71. The highest BCUT2D eigenvalue weighted by Gasteiger charge is 2.46. The number of fused-ring (bicyclic) bond motifs is 1. The molecule has 1 N–H and O–H groups in total. The van der Waals surface area contributed by atoms with E-state index in [0.717, 1.165) is 16.3 Å². The van der Waals surface area contributed by atoms with Gasteiger partial charge in [0.2, 0.25) is 21.8 Å². The molecule has 0 bridgehead atoms. The van der Waals surface area contributed by atoms with E-state index < -0.39 is 46.0 Å². The van der Waals surface area contributed by atoms with Gasteiger partial charge in [0, 0.05) is 18.8 Å². The van der Waals surface area contributed by atoms with Crippen LogP contribution < -0.4 is 0 Å². The Morgan fingerprint density at radius 2 is 1.70 bits per heavy atom. The molecule has 3 aromatic carbocycles. The molecule has 9 nitrogen and oxygen atoms in total. The Hall–Kier alpha value is -3.41. The number of carboxylic acids is 1. The lowest BCUT2D eigenvalue weighted by atomic mass is 10.0. The zero-order valence-electron chi connectivity index (χ0n) is 26.0. The lowest BCUT2D eigenvalue weighted by Crippen LogP contribution is -2.53. The minimum Gasteiger partial charge on any atom is -0.481 e. The van der Waals surface area contributed by atoms with Gasteiger partial charge in [-0.1, -0.05) is 56.3 Å². The Kier molecular flexibility index (Phi) is 10.1. The third-order valence-corrected chi connectivity index (χ3v) is 9.77. The van der Waals surface area contributed by atoms with Crippen molar-refractivity contribution in [1.29, 1.82) is 0 Å². The molecule has 0 radical (unpaired) electrons. The predicted octanol–water partition coefficient (Wildman–Crippen LogP) is 5.87. The van der Waals surface area contributed by atoms with Gasteiger partial charge in [-0.15, -0.1) is 0 Å². The van der Waals surface area contributed by atoms with Gasteiger partial charge in [-0.3, -0.25) is 9.59 Å². The van der Waals surface area contributed by atoms with Gasteiger partial charge >= 0.3 is 5.97 Å². The van der Waals surface area contributed by atoms with Crippen LogP contribution in [0.4, 0.5) is 5.69 Å². The highest BCUT2D eigenvalue weighted by Crippen LogP contribution is 2.32. The number of amides is 1. The number of sulfonamides is 1. The molecule has 3 atom stereocenters. The average Bonchev–Trinajstić information content (AvgIpc) is 3.36. The van der Waals surface area contributed by atoms with Crippen LogP contribution in [0.1, 0.15) is 58.9 Å². The number of benzene rings is 3. The van der Waals surface area contributed by atoms with Crippen molar-refractivity contribution in [2.45, 2.75) is 81.2 Å². The number of thiol groups is 1. The van der Waals surface area contributed by atoms with E-state index >= 15 is 0 Å². The summed E-state index contributed by atoms with van der Waals surface area (Å²) < 4.78 is 35.2. The molecule has 11 heteroatoms. The van der Waals surface area contributed by atoms with Gasteiger partial charge in [-0.05, 0) is 73.7 Å². The van der Waals surface area contributed by atoms with Crippen molar-refractivity contribution in [3.8, 4) is 0 Å². The fraction of sp³-hybridized carbons (Fsp3) is 0.424. The number of carbonyl (C=O) groups excluding carboxylic acids is 1. The third kappa shape index (κ3) is 7.80. The highest BCUT2D eigenvalue weighted by atomic mass is 32.2. The van der Waals surface area contributed by atoms with Crippen molar-refractivity contribution in [2.24, 2.45) is 4.99 Å². The minimum absolute atomic E-state index is 0.0355. The predicted molar refractivity (Wildman–Crippen MR) is 176 cm³/mol. The largest absolute Gasteiger partial charge is 0.481 e. The summed E-state index contributed by atoms with van der Waals surface area (Å²) in [5.41, 5.74) is 0.903. The maximum atomic E-state index is 14.1. The van der Waals surface area contributed by atoms with E-state index in [1.807, 2.05) is 69.3 Å². The van der Waals surface area contributed by atoms with Crippen molar-refractivity contribution in [3.05, 3.63) is 72.3 Å². The Labute approximate surface area is 265 Å². The molecule has 44 heavy (non-hydrogen) atoms. The van der Waals surface area contributed by atoms with Crippen LogP contribution in [-0.2, 0) is 24.3 Å². The second kappa shape index (κ2) is 13.3. The first-order chi connectivity index (χ1) is 20.6. The Bertz CT molecular complexity index is 1650. The van der Waals surface area contributed by atoms with Gasteiger partial charge in [-0.2, -0.15) is 16.9 Å². The molecule has 1 amide bonds. The van der Waals surface area contributed by atoms with E-state index in [1.165, 1.54) is 22.3 Å². The summed E-state index contributed by atoms with van der Waals surface area (Å²) in [6.45, 7) is 9.63. The smallest absolute Gasteiger partial charge is 0.305 e. The SMILES string of the molecule is CC(C)c1ccc(N=C(OC(C)(C)C)[C@H](CC(=O)O)N(C)C(=O)[C@@H]2C[C@@H](S)CN2S(=O)(=O)c2ccc3ccccc3c2)cc1. The molecular weight excluding hydrogens is 599 g/mol. The molecule has 0 aliphatic carbocycles. The summed E-state index contributed by atoms with van der Waals surface area (Å²) in [4.78, 5) is 32.2. The molecule has 1 aliphatic heterocycles. The Morgan fingerprint density at radius 1 is 1.07 bits per heavy atom. The second-order valence-corrected chi connectivity index (χ2v) is 15.1. The first-order valence-corrected chi connectivity index (χ1v) is 16.6. The minimum atomic E-state index is -4.09. The maximum absolute atomic E-state index is 14.1. The van der Waals surface area contributed by atoms with Crippen LogP contribution in [0.2, 0.25) is 0 Å². The van der Waals surface area contributed by atoms with Crippen LogP contribution in [0.15, 0.2) is 76.6 Å². The monoisotopic (exact) mass is 639 g/mol. The topological polar surface area (TPSA) is 117 Å². The van der Waals surface area contributed by atoms with Crippen molar-refractivity contribution in [2.75, 3.05) is 13.6 Å². The summed E-state index contributed by atoms with van der Waals surface area (Å²) >= 11 is 4.55. The number of carboxylic acid groups (broad SMARTS) is 1. The molecule has 0 saturated carbocycles. The number of hydrogen-bond acceptors (Lipinski definition) is 7. The third-order valence-electron chi connectivity index (χ3n) is 7.52. The normalized spacial score (nSPS) is 18.9. The van der Waals surface area contributed by atoms with Crippen molar-refractivity contribution in [1.82, 2.24) is 9.21 Å². The van der Waals surface area contributed by atoms with Crippen LogP contribution >= 0.6 is 12.6 Å². The van der Waals surface area contributed by atoms with Gasteiger partial charge in [-0.25, -0.2) is 13.4 Å². The van der Waals surface area contributed by atoms with E-state index in [2.05, 4.69) is 31.5 Å². The van der Waals surface area contributed by atoms with Crippen LogP contribution in [-0.4, -0.2) is 77.0 Å². The van der Waals surface area contributed by atoms with Crippen LogP contribution in [0.25, 0.3) is 10.8 Å². The van der Waals surface area contributed by atoms with Crippen LogP contribution in [0.3, 0.4) is 0 Å². The molecule has 0 unspecified atom stereocenters. The number of aliphatic carboxylic acids is 1. The average molecular weight is 640 g/mol. The molecule has 236 valence electrons. The van der Waals surface area contributed by atoms with Crippen LogP contribution in [0, 0.1) is 0 Å². The number of hydrogen-bond donors (Lipinski definition) is 2. The Morgan fingerprint density at radius 3 is 2.30 bits per heavy atom. The number of carbonyl (C=O) groups is 2. The summed E-state index contributed by atoms with van der Waals surface area (Å²) in [5, 5.41) is 11.2. The summed E-state index contributed by atoms with van der Waals surface area (Å²) in [7, 11) is -2.62. The van der Waals surface area contributed by atoms with Crippen molar-refractivity contribution >= 4 is 56.9 Å². The van der Waals surface area contributed by atoms with E-state index in [9.17, 15) is 23.1 Å². The van der Waals surface area contributed by atoms with E-state index in [4.69, 9.17) is 4.74 Å². The maximum Gasteiger partial charge on any atom is 0.305 e. The fourth-order valence-corrected chi connectivity index (χ4v) is 7.38. The van der Waals surface area contributed by atoms with Gasteiger partial charge in [0.15, 0.2) is 0 Å². The van der Waals surface area contributed by atoms with Crippen molar-refractivity contribution in [3.63, 3.8) is 0 Å². The molecule has 3 aromatic rings.